The van der Waals surface area contributed by atoms with Crippen molar-refractivity contribution < 1.29 is 22.7 Å². The second-order valence-electron chi connectivity index (χ2n) is 25.0. The molecule has 0 radical (unpaired) electrons. The monoisotopic (exact) mass is 1430 g/mol. The third-order valence-electron chi connectivity index (χ3n) is 19.5. The molecule has 0 aliphatic rings. The van der Waals surface area contributed by atoms with Gasteiger partial charge in [-0.05, 0) is 160 Å². The number of aromatic nitrogens is 13. The molecule has 0 saturated carbocycles. The molecule has 0 bridgehead atoms. The Bertz CT molecular complexity index is 5510. The summed E-state index contributed by atoms with van der Waals surface area (Å²) in [4.78, 5) is 0. The molecule has 105 heavy (non-hydrogen) atoms. The van der Waals surface area contributed by atoms with Gasteiger partial charge in [-0.25, -0.2) is 18.3 Å². The van der Waals surface area contributed by atoms with Gasteiger partial charge in [0.2, 0.25) is 0 Å². The maximum absolute atomic E-state index is 6.02. The molecule has 556 valence electrons. The number of rotatable bonds is 3. The first-order valence-electron chi connectivity index (χ1n) is 38.1. The van der Waals surface area contributed by atoms with Crippen molar-refractivity contribution in [2.24, 2.45) is 56.4 Å². The van der Waals surface area contributed by atoms with E-state index >= 15 is 0 Å². The van der Waals surface area contributed by atoms with Crippen molar-refractivity contribution in [3.05, 3.63) is 195 Å². The molecule has 16 rings (SSSR count). The number of nitrogens with zero attached hydrogens (tertiary/aromatic N) is 13. The smallest absolute Gasteiger partial charge is 0.275 e. The van der Waals surface area contributed by atoms with E-state index in [1.165, 1.54) is 130 Å². The van der Waals surface area contributed by atoms with E-state index in [9.17, 15) is 0 Å². The lowest BCUT2D eigenvalue weighted by Crippen LogP contribution is -2.32. The van der Waals surface area contributed by atoms with E-state index < -0.39 is 0 Å². The average Bonchev–Trinajstić information content (AvgIpc) is 1.71. The molecule has 0 aliphatic heterocycles. The first-order chi connectivity index (χ1) is 50.4. The van der Waals surface area contributed by atoms with Crippen LogP contribution in [0.4, 0.5) is 0 Å². The zero-order valence-corrected chi connectivity index (χ0v) is 71.1. The van der Waals surface area contributed by atoms with E-state index in [4.69, 9.17) is 9.52 Å². The topological polar surface area (TPSA) is 104 Å². The maximum atomic E-state index is 6.02. The molecule has 8 heterocycles. The number of hydrogen-bond acceptors (Lipinski definition) is 6. The lowest BCUT2D eigenvalue weighted by Gasteiger charge is -2.15. The van der Waals surface area contributed by atoms with Gasteiger partial charge in [-0.2, -0.15) is 0 Å². The van der Waals surface area contributed by atoms with Crippen LogP contribution in [-0.4, -0.2) is 43.5 Å². The van der Waals surface area contributed by atoms with Crippen LogP contribution in [-0.2, 0) is 56.4 Å². The van der Waals surface area contributed by atoms with Gasteiger partial charge in [0.25, 0.3) is 46.4 Å². The molecule has 0 fully saturated rings. The second kappa shape index (κ2) is 36.7. The highest BCUT2D eigenvalue weighted by Gasteiger charge is 2.29. The number of aryl methyl sites for hydroxylation is 15. The number of pyridine rings is 1. The number of para-hydroxylation sites is 2. The van der Waals surface area contributed by atoms with Gasteiger partial charge in [0.15, 0.2) is 5.52 Å². The zero-order valence-electron chi connectivity index (χ0n) is 70.3. The summed E-state index contributed by atoms with van der Waals surface area (Å²) in [6, 6.07) is 45.5. The molecule has 15 heteroatoms. The Morgan fingerprint density at radius 2 is 0.752 bits per heavy atom. The minimum atomic E-state index is 0.917. The Morgan fingerprint density at radius 3 is 1.28 bits per heavy atom. The Labute approximate surface area is 630 Å². The van der Waals surface area contributed by atoms with E-state index in [1.807, 2.05) is 189 Å². The van der Waals surface area contributed by atoms with Crippen LogP contribution in [0.1, 0.15) is 165 Å². The highest BCUT2D eigenvalue weighted by atomic mass is 32.1. The summed E-state index contributed by atoms with van der Waals surface area (Å²) in [5.41, 5.74) is 20.9. The first-order valence-corrected chi connectivity index (χ1v) is 38.9. The van der Waals surface area contributed by atoms with Crippen LogP contribution in [0.15, 0.2) is 132 Å². The largest absolute Gasteiger partial charge is 0.456 e. The zero-order chi connectivity index (χ0) is 78.5. The van der Waals surface area contributed by atoms with Crippen molar-refractivity contribution in [3.63, 3.8) is 0 Å². The van der Waals surface area contributed by atoms with E-state index in [0.29, 0.717) is 0 Å². The third kappa shape index (κ3) is 15.8. The molecule has 8 aromatic heterocycles. The van der Waals surface area contributed by atoms with Crippen molar-refractivity contribution in [1.82, 2.24) is 43.5 Å². The van der Waals surface area contributed by atoms with Gasteiger partial charge >= 0.3 is 0 Å². The molecule has 0 atom stereocenters. The minimum absolute atomic E-state index is 0.917. The fourth-order valence-corrected chi connectivity index (χ4v) is 15.1. The highest BCUT2D eigenvalue weighted by Crippen LogP contribution is 2.40. The van der Waals surface area contributed by atoms with Crippen LogP contribution in [0.2, 0.25) is 0 Å². The molecule has 0 amide bonds. The van der Waals surface area contributed by atoms with Crippen molar-refractivity contribution in [2.45, 2.75) is 180 Å². The second-order valence-corrected chi connectivity index (χ2v) is 26.1. The summed E-state index contributed by atoms with van der Waals surface area (Å²) < 4.78 is 27.6. The van der Waals surface area contributed by atoms with Gasteiger partial charge in [-0.3, -0.25) is 0 Å². The number of fused-ring (bicyclic) bond motifs is 15. The highest BCUT2D eigenvalue weighted by molar-refractivity contribution is 7.25. The van der Waals surface area contributed by atoms with Crippen molar-refractivity contribution in [3.8, 4) is 34.2 Å². The van der Waals surface area contributed by atoms with Gasteiger partial charge < -0.3 is 8.98 Å². The standard InChI is InChI=1S/C21H24N3.C19H21N4.C18H18N3O.C18H18N3S.7C2H6/c1-11-9-8-10-17-18(11)21-23(7)16(6)22-24(21)20-15(5)13(3)12(2)14(4)19(17)20;1-12-10-16-14-8-6-7-9-17(14)22(4)18(16)11-15(12)19-21(3)13(2)20-23(19)5;2*1-11-9-15-13-7-5-6-8-16(13)22-17(15)10-14(11)18-20(3)12(2)19-21(18)4;7*1-2/h8-10H,1-7H3;6-11H,1-5H3;2*5-10H,1-4H3;7*1-2H3/q4*+1;;;;;;;. The van der Waals surface area contributed by atoms with Gasteiger partial charge in [0.05, 0.1) is 71.4 Å². The Balaban J connectivity index is 0.000000208. The number of thiophene rings is 1. The summed E-state index contributed by atoms with van der Waals surface area (Å²) in [7, 11) is 16.4. The molecule has 0 saturated heterocycles. The Kier molecular flexibility index (Phi) is 29.4. The third-order valence-corrected chi connectivity index (χ3v) is 20.7. The van der Waals surface area contributed by atoms with Crippen molar-refractivity contribution >= 4 is 103 Å². The summed E-state index contributed by atoms with van der Waals surface area (Å²) >= 11 is 1.86. The average molecular weight is 1440 g/mol. The predicted molar refractivity (Wildman–Crippen MR) is 451 cm³/mol. The molecule has 0 unspecified atom stereocenters. The van der Waals surface area contributed by atoms with E-state index in [1.54, 1.807) is 0 Å². The van der Waals surface area contributed by atoms with E-state index in [-0.39, 0.29) is 0 Å². The lowest BCUT2D eigenvalue weighted by atomic mass is 9.91. The van der Waals surface area contributed by atoms with Crippen molar-refractivity contribution in [2.75, 3.05) is 0 Å². The van der Waals surface area contributed by atoms with Gasteiger partial charge in [0.1, 0.15) is 11.2 Å². The van der Waals surface area contributed by atoms with Gasteiger partial charge in [0, 0.05) is 113 Å². The lowest BCUT2D eigenvalue weighted by molar-refractivity contribution is -0.667. The summed E-state index contributed by atoms with van der Waals surface area (Å²) in [6.07, 6.45) is 0. The van der Waals surface area contributed by atoms with Crippen LogP contribution < -0.4 is 18.3 Å². The number of benzene rings is 8. The van der Waals surface area contributed by atoms with E-state index in [0.717, 1.165) is 62.9 Å². The fourth-order valence-electron chi connectivity index (χ4n) is 14.0. The number of furan rings is 1. The molecule has 0 spiro atoms. The van der Waals surface area contributed by atoms with Crippen LogP contribution >= 0.6 is 11.3 Å². The fraction of sp³-hybridized carbons (Fsp3) is 0.378. The Hall–Kier alpha value is -9.86. The maximum Gasteiger partial charge on any atom is 0.275 e. The summed E-state index contributed by atoms with van der Waals surface area (Å²) in [5.74, 6) is 7.41. The molecule has 8 aromatic carbocycles. The van der Waals surface area contributed by atoms with Crippen molar-refractivity contribution in [1.29, 1.82) is 0 Å². The SMILES string of the molecule is CC.CC.CC.CC.CC.CC.CC.Cc1c(C)c(C)c2c(c1C)c1cccc(C)c1c1n2nc(C)[n+]1C.Cc1cc2c(cc1-c1n(C)nc(C)[n+]1C)oc1ccccc12.Cc1cc2c(cc1-c1n(C)nc(C)[n+]1C)sc1ccccc12.Cc1cc2c3ccccc3n(C)c2cc1-c1n(C)nc(C)[n+]1C. The first kappa shape index (κ1) is 84.1. The Morgan fingerprint density at radius 1 is 0.324 bits per heavy atom. The molecular formula is C90H123N13OS+4. The normalized spacial score (nSPS) is 10.6. The van der Waals surface area contributed by atoms with Crippen LogP contribution in [0.3, 0.4) is 0 Å². The minimum Gasteiger partial charge on any atom is -0.456 e. The quantitative estimate of drug-likeness (QED) is 0.129. The molecule has 0 aliphatic carbocycles. The van der Waals surface area contributed by atoms with Crippen LogP contribution in [0.25, 0.3) is 125 Å². The van der Waals surface area contributed by atoms with Gasteiger partial charge in [-0.1, -0.05) is 174 Å². The van der Waals surface area contributed by atoms with Crippen LogP contribution in [0, 0.1) is 83.1 Å². The number of hydrogen-bond donors (Lipinski definition) is 0. The van der Waals surface area contributed by atoms with Crippen LogP contribution in [0.5, 0.6) is 0 Å². The molecule has 14 nitrogen and oxygen atoms in total. The van der Waals surface area contributed by atoms with E-state index in [2.05, 4.69) is 242 Å². The summed E-state index contributed by atoms with van der Waals surface area (Å²) in [6.45, 7) is 53.8. The predicted octanol–water partition coefficient (Wildman–Crippen LogP) is 22.0. The molecular weight excluding hydrogens is 1310 g/mol. The summed E-state index contributed by atoms with van der Waals surface area (Å²) in [5, 5.41) is 30.1. The van der Waals surface area contributed by atoms with Gasteiger partial charge in [-0.15, -0.1) is 25.4 Å². The molecule has 0 N–H and O–H groups in total. The molecule has 16 aromatic rings.